The molecular weight excluding hydrogens is 390 g/mol. The van der Waals surface area contributed by atoms with Gasteiger partial charge in [0.15, 0.2) is 0 Å². The van der Waals surface area contributed by atoms with Crippen molar-refractivity contribution in [1.29, 1.82) is 0 Å². The van der Waals surface area contributed by atoms with Gasteiger partial charge in [0.2, 0.25) is 5.91 Å². The molecule has 29 heavy (non-hydrogen) atoms. The standard InChI is InChI=1S/C19H16F2N2O6/c1-28-18(25)13-4-2-12(3-5-13)11-22-17(24)9-6-14-10-15(23(26)27)7-8-16(14)29-19(20)21/h2-10,19H,11H2,1H3,(H,22,24). The number of amides is 1. The summed E-state index contributed by atoms with van der Waals surface area (Å²) in [5.41, 5.74) is 0.686. The Morgan fingerprint density at radius 2 is 1.90 bits per heavy atom. The summed E-state index contributed by atoms with van der Waals surface area (Å²) < 4.78 is 33.9. The number of halogens is 2. The van der Waals surface area contributed by atoms with Crippen LogP contribution in [0.5, 0.6) is 5.75 Å². The number of alkyl halides is 2. The van der Waals surface area contributed by atoms with E-state index in [0.717, 1.165) is 30.4 Å². The second kappa shape index (κ2) is 9.93. The Balaban J connectivity index is 2.05. The van der Waals surface area contributed by atoms with E-state index in [1.54, 1.807) is 24.3 Å². The normalized spacial score (nSPS) is 10.8. The molecule has 1 amide bonds. The van der Waals surface area contributed by atoms with Crippen molar-refractivity contribution in [3.8, 4) is 5.75 Å². The van der Waals surface area contributed by atoms with Crippen molar-refractivity contribution in [1.82, 2.24) is 5.32 Å². The lowest BCUT2D eigenvalue weighted by molar-refractivity contribution is -0.384. The maximum Gasteiger partial charge on any atom is 0.387 e. The summed E-state index contributed by atoms with van der Waals surface area (Å²) in [6, 6.07) is 9.42. The first-order valence-electron chi connectivity index (χ1n) is 8.16. The third-order valence-electron chi connectivity index (χ3n) is 3.68. The molecular formula is C19H16F2N2O6. The van der Waals surface area contributed by atoms with Gasteiger partial charge in [-0.25, -0.2) is 4.79 Å². The molecule has 1 N–H and O–H groups in total. The van der Waals surface area contributed by atoms with E-state index in [0.29, 0.717) is 11.1 Å². The Labute approximate surface area is 163 Å². The minimum absolute atomic E-state index is 0.0444. The van der Waals surface area contributed by atoms with Gasteiger partial charge in [-0.3, -0.25) is 14.9 Å². The van der Waals surface area contributed by atoms with Gasteiger partial charge in [-0.1, -0.05) is 12.1 Å². The summed E-state index contributed by atoms with van der Waals surface area (Å²) in [6.07, 6.45) is 2.18. The highest BCUT2D eigenvalue weighted by Crippen LogP contribution is 2.26. The molecule has 8 nitrogen and oxygen atoms in total. The lowest BCUT2D eigenvalue weighted by atomic mass is 10.1. The lowest BCUT2D eigenvalue weighted by Crippen LogP contribution is -2.20. The van der Waals surface area contributed by atoms with Crippen molar-refractivity contribution in [2.75, 3.05) is 7.11 Å². The van der Waals surface area contributed by atoms with E-state index in [9.17, 15) is 28.5 Å². The van der Waals surface area contributed by atoms with E-state index in [4.69, 9.17) is 0 Å². The molecule has 0 fully saturated rings. The maximum atomic E-state index is 12.5. The Kier molecular flexibility index (Phi) is 7.35. The number of esters is 1. The number of non-ortho nitro benzene ring substituents is 1. The van der Waals surface area contributed by atoms with Crippen molar-refractivity contribution in [3.63, 3.8) is 0 Å². The molecule has 0 spiro atoms. The molecule has 2 aromatic rings. The Hall–Kier alpha value is -3.82. The molecule has 0 aromatic heterocycles. The van der Waals surface area contributed by atoms with E-state index >= 15 is 0 Å². The van der Waals surface area contributed by atoms with Crippen LogP contribution < -0.4 is 10.1 Å². The van der Waals surface area contributed by atoms with Crippen LogP contribution in [0.15, 0.2) is 48.5 Å². The Morgan fingerprint density at radius 1 is 1.21 bits per heavy atom. The number of ether oxygens (including phenoxy) is 2. The third-order valence-corrected chi connectivity index (χ3v) is 3.68. The minimum Gasteiger partial charge on any atom is -0.465 e. The van der Waals surface area contributed by atoms with Crippen LogP contribution in [0.2, 0.25) is 0 Å². The van der Waals surface area contributed by atoms with Crippen LogP contribution in [0.4, 0.5) is 14.5 Å². The molecule has 0 saturated carbocycles. The quantitative estimate of drug-likeness (QED) is 0.312. The molecule has 0 bridgehead atoms. The third kappa shape index (κ3) is 6.38. The van der Waals surface area contributed by atoms with E-state index in [1.165, 1.54) is 7.11 Å². The van der Waals surface area contributed by atoms with Gasteiger partial charge in [-0.15, -0.1) is 0 Å². The van der Waals surface area contributed by atoms with Crippen LogP contribution in [-0.4, -0.2) is 30.5 Å². The zero-order valence-electron chi connectivity index (χ0n) is 15.1. The number of rotatable bonds is 8. The van der Waals surface area contributed by atoms with Crippen LogP contribution in [0.3, 0.4) is 0 Å². The van der Waals surface area contributed by atoms with Gasteiger partial charge < -0.3 is 14.8 Å². The summed E-state index contributed by atoms with van der Waals surface area (Å²) in [5, 5.41) is 13.4. The molecule has 0 aliphatic carbocycles. The van der Waals surface area contributed by atoms with E-state index in [1.807, 2.05) is 0 Å². The highest BCUT2D eigenvalue weighted by Gasteiger charge is 2.13. The second-order valence-corrected chi connectivity index (χ2v) is 5.60. The number of nitro benzene ring substituents is 1. The number of carbonyl (C=O) groups excluding carboxylic acids is 2. The molecule has 0 aliphatic heterocycles. The van der Waals surface area contributed by atoms with Crippen LogP contribution in [-0.2, 0) is 16.1 Å². The number of nitrogens with one attached hydrogen (secondary N) is 1. The fourth-order valence-electron chi connectivity index (χ4n) is 2.27. The monoisotopic (exact) mass is 406 g/mol. The number of hydrogen-bond donors (Lipinski definition) is 1. The fraction of sp³-hybridized carbons (Fsp3) is 0.158. The number of hydrogen-bond acceptors (Lipinski definition) is 6. The number of nitro groups is 1. The van der Waals surface area contributed by atoms with Gasteiger partial charge in [0, 0.05) is 30.3 Å². The molecule has 0 heterocycles. The van der Waals surface area contributed by atoms with Crippen molar-refractivity contribution < 1.29 is 32.8 Å². The first-order chi connectivity index (χ1) is 13.8. The predicted molar refractivity (Wildman–Crippen MR) is 98.4 cm³/mol. The number of carbonyl (C=O) groups is 2. The maximum absolute atomic E-state index is 12.5. The van der Waals surface area contributed by atoms with Crippen molar-refractivity contribution >= 4 is 23.6 Å². The summed E-state index contributed by atoms with van der Waals surface area (Å²) in [6.45, 7) is -2.98. The van der Waals surface area contributed by atoms with Crippen LogP contribution in [0.1, 0.15) is 21.5 Å². The second-order valence-electron chi connectivity index (χ2n) is 5.60. The summed E-state index contributed by atoms with van der Waals surface area (Å²) >= 11 is 0. The first kappa shape index (κ1) is 21.5. The highest BCUT2D eigenvalue weighted by atomic mass is 19.3. The van der Waals surface area contributed by atoms with E-state index in [2.05, 4.69) is 14.8 Å². The summed E-state index contributed by atoms with van der Waals surface area (Å²) in [4.78, 5) is 33.5. The molecule has 0 atom stereocenters. The molecule has 10 heteroatoms. The van der Waals surface area contributed by atoms with Crippen LogP contribution in [0, 0.1) is 10.1 Å². The van der Waals surface area contributed by atoms with Gasteiger partial charge in [-0.2, -0.15) is 8.78 Å². The molecule has 152 valence electrons. The molecule has 0 aliphatic rings. The fourth-order valence-corrected chi connectivity index (χ4v) is 2.27. The smallest absolute Gasteiger partial charge is 0.387 e. The SMILES string of the molecule is COC(=O)c1ccc(CNC(=O)C=Cc2cc([N+](=O)[O-])ccc2OC(F)F)cc1. The molecule has 2 rings (SSSR count). The van der Waals surface area contributed by atoms with Crippen molar-refractivity contribution in [3.05, 3.63) is 75.3 Å². The average Bonchev–Trinajstić information content (AvgIpc) is 2.70. The van der Waals surface area contributed by atoms with Gasteiger partial charge in [-0.05, 0) is 29.8 Å². The van der Waals surface area contributed by atoms with Crippen molar-refractivity contribution in [2.24, 2.45) is 0 Å². The van der Waals surface area contributed by atoms with E-state index < -0.39 is 23.4 Å². The number of methoxy groups -OCH3 is 1. The van der Waals surface area contributed by atoms with Crippen LogP contribution in [0.25, 0.3) is 6.08 Å². The summed E-state index contributed by atoms with van der Waals surface area (Å²) in [5.74, 6) is -1.34. The van der Waals surface area contributed by atoms with Crippen molar-refractivity contribution in [2.45, 2.75) is 13.2 Å². The molecule has 0 radical (unpaired) electrons. The van der Waals surface area contributed by atoms with Crippen LogP contribution >= 0.6 is 0 Å². The molecule has 0 unspecified atom stereocenters. The first-order valence-corrected chi connectivity index (χ1v) is 8.16. The average molecular weight is 406 g/mol. The highest BCUT2D eigenvalue weighted by molar-refractivity contribution is 5.92. The van der Waals surface area contributed by atoms with Gasteiger partial charge in [0.25, 0.3) is 5.69 Å². The molecule has 2 aromatic carbocycles. The van der Waals surface area contributed by atoms with E-state index in [-0.39, 0.29) is 23.5 Å². The zero-order valence-corrected chi connectivity index (χ0v) is 15.1. The predicted octanol–water partition coefficient (Wildman–Crippen LogP) is 3.31. The number of benzene rings is 2. The Bertz CT molecular complexity index is 929. The van der Waals surface area contributed by atoms with Gasteiger partial charge >= 0.3 is 12.6 Å². The lowest BCUT2D eigenvalue weighted by Gasteiger charge is -2.08. The summed E-state index contributed by atoms with van der Waals surface area (Å²) in [7, 11) is 1.27. The van der Waals surface area contributed by atoms with Gasteiger partial charge in [0.1, 0.15) is 5.75 Å². The Morgan fingerprint density at radius 3 is 2.48 bits per heavy atom. The van der Waals surface area contributed by atoms with Gasteiger partial charge in [0.05, 0.1) is 17.6 Å². The zero-order chi connectivity index (χ0) is 21.4. The topological polar surface area (TPSA) is 108 Å². The minimum atomic E-state index is -3.12. The molecule has 0 saturated heterocycles. The largest absolute Gasteiger partial charge is 0.465 e. The number of nitrogens with zero attached hydrogens (tertiary/aromatic N) is 1.